The van der Waals surface area contributed by atoms with E-state index in [1.54, 1.807) is 13.8 Å². The van der Waals surface area contributed by atoms with Crippen LogP contribution in [0, 0.1) is 5.92 Å². The zero-order valence-electron chi connectivity index (χ0n) is 20.4. The van der Waals surface area contributed by atoms with Gasteiger partial charge < -0.3 is 20.5 Å². The molecule has 0 radical (unpaired) electrons. The van der Waals surface area contributed by atoms with Crippen LogP contribution in [0.5, 0.6) is 0 Å². The molecule has 0 bridgehead atoms. The molecule has 2 aliphatic rings. The van der Waals surface area contributed by atoms with Gasteiger partial charge in [0, 0.05) is 17.5 Å². The summed E-state index contributed by atoms with van der Waals surface area (Å²) in [5.41, 5.74) is 3.76. The number of rotatable bonds is 7. The van der Waals surface area contributed by atoms with Crippen molar-refractivity contribution in [2.75, 3.05) is 6.61 Å². The summed E-state index contributed by atoms with van der Waals surface area (Å²) in [5.74, 6) is -1.64. The highest BCUT2D eigenvalue weighted by molar-refractivity contribution is 5.82. The molecular weight excluding hydrogens is 444 g/mol. The number of alkyl carbamates (subject to hydrolysis) is 1. The Hall–Kier alpha value is -3.35. The molecule has 186 valence electrons. The quantitative estimate of drug-likeness (QED) is 0.494. The molecule has 0 spiro atoms. The normalized spacial score (nSPS) is 19.7. The van der Waals surface area contributed by atoms with Crippen LogP contribution in [0.4, 0.5) is 4.79 Å². The van der Waals surface area contributed by atoms with Gasteiger partial charge in [-0.3, -0.25) is 9.59 Å². The Morgan fingerprint density at radius 1 is 0.943 bits per heavy atom. The molecule has 7 nitrogen and oxygen atoms in total. The lowest BCUT2D eigenvalue weighted by molar-refractivity contribution is -0.139. The molecular formula is C28H34N2O5. The third-order valence-corrected chi connectivity index (χ3v) is 7.05. The summed E-state index contributed by atoms with van der Waals surface area (Å²) in [7, 11) is 0. The molecule has 0 heterocycles. The number of carbonyl (C=O) groups is 3. The Bertz CT molecular complexity index is 1050. The van der Waals surface area contributed by atoms with E-state index in [9.17, 15) is 14.4 Å². The SMILES string of the molecule is CC(C)(CC(=O)O)NC(=O)C1CCCCCC1NC(=O)OCC1c2ccccc2-c2ccccc21. The number of amides is 2. The lowest BCUT2D eigenvalue weighted by atomic mass is 9.91. The zero-order valence-corrected chi connectivity index (χ0v) is 20.4. The molecule has 0 aliphatic heterocycles. The summed E-state index contributed by atoms with van der Waals surface area (Å²) in [6.07, 6.45) is 3.42. The van der Waals surface area contributed by atoms with E-state index in [2.05, 4.69) is 34.9 Å². The molecule has 7 heteroatoms. The number of carboxylic acid groups (broad SMARTS) is 1. The summed E-state index contributed by atoms with van der Waals surface area (Å²) >= 11 is 0. The van der Waals surface area contributed by atoms with E-state index in [-0.39, 0.29) is 30.9 Å². The number of carboxylic acids is 1. The molecule has 2 unspecified atom stereocenters. The topological polar surface area (TPSA) is 105 Å². The van der Waals surface area contributed by atoms with Crippen LogP contribution in [0.15, 0.2) is 48.5 Å². The van der Waals surface area contributed by atoms with Gasteiger partial charge in [-0.2, -0.15) is 0 Å². The minimum Gasteiger partial charge on any atom is -0.481 e. The largest absolute Gasteiger partial charge is 0.481 e. The Morgan fingerprint density at radius 3 is 2.17 bits per heavy atom. The van der Waals surface area contributed by atoms with Crippen molar-refractivity contribution in [1.82, 2.24) is 10.6 Å². The lowest BCUT2D eigenvalue weighted by Crippen LogP contribution is -2.52. The minimum atomic E-state index is -0.968. The third kappa shape index (κ3) is 5.84. The van der Waals surface area contributed by atoms with Gasteiger partial charge in [-0.25, -0.2) is 4.79 Å². The Kier molecular flexibility index (Phi) is 7.43. The number of hydrogen-bond acceptors (Lipinski definition) is 4. The van der Waals surface area contributed by atoms with Gasteiger partial charge in [0.05, 0.1) is 12.3 Å². The molecule has 0 saturated heterocycles. The van der Waals surface area contributed by atoms with Crippen molar-refractivity contribution in [3.8, 4) is 11.1 Å². The number of hydrogen-bond donors (Lipinski definition) is 3. The van der Waals surface area contributed by atoms with Crippen molar-refractivity contribution < 1.29 is 24.2 Å². The number of carbonyl (C=O) groups excluding carboxylic acids is 2. The summed E-state index contributed by atoms with van der Waals surface area (Å²) < 4.78 is 5.71. The zero-order chi connectivity index (χ0) is 25.0. The number of nitrogens with one attached hydrogen (secondary N) is 2. The molecule has 2 aromatic rings. The molecule has 2 amide bonds. The molecule has 3 N–H and O–H groups in total. The van der Waals surface area contributed by atoms with Gasteiger partial charge in [0.2, 0.25) is 5.91 Å². The first-order chi connectivity index (χ1) is 16.7. The number of benzene rings is 2. The number of fused-ring (bicyclic) bond motifs is 3. The van der Waals surface area contributed by atoms with Gasteiger partial charge in [-0.1, -0.05) is 67.8 Å². The monoisotopic (exact) mass is 478 g/mol. The van der Waals surface area contributed by atoms with E-state index in [1.807, 2.05) is 24.3 Å². The predicted octanol–water partition coefficient (Wildman–Crippen LogP) is 4.84. The van der Waals surface area contributed by atoms with E-state index in [1.165, 1.54) is 11.1 Å². The average Bonchev–Trinajstić information content (AvgIpc) is 2.93. The van der Waals surface area contributed by atoms with Gasteiger partial charge in [0.25, 0.3) is 0 Å². The first kappa shape index (κ1) is 24.8. The lowest BCUT2D eigenvalue weighted by Gasteiger charge is -2.30. The molecule has 2 aliphatic carbocycles. The van der Waals surface area contributed by atoms with Crippen LogP contribution in [0.2, 0.25) is 0 Å². The highest BCUT2D eigenvalue weighted by atomic mass is 16.5. The maximum atomic E-state index is 13.1. The molecule has 4 rings (SSSR count). The standard InChI is InChI=1S/C28H34N2O5/c1-28(2,16-25(31)32)30-26(33)22-14-4-3-5-15-24(22)29-27(34)35-17-23-20-12-8-6-10-18(20)19-11-7-9-13-21(19)23/h6-13,22-24H,3-5,14-17H2,1-2H3,(H,29,34)(H,30,33)(H,31,32). The number of aliphatic carboxylic acids is 1. The van der Waals surface area contributed by atoms with E-state index >= 15 is 0 Å². The summed E-state index contributed by atoms with van der Waals surface area (Å²) in [6.45, 7) is 3.61. The highest BCUT2D eigenvalue weighted by Crippen LogP contribution is 2.44. The van der Waals surface area contributed by atoms with Crippen LogP contribution in [0.3, 0.4) is 0 Å². The van der Waals surface area contributed by atoms with Gasteiger partial charge in [0.15, 0.2) is 0 Å². The Morgan fingerprint density at radius 2 is 1.54 bits per heavy atom. The molecule has 1 fully saturated rings. The van der Waals surface area contributed by atoms with Gasteiger partial charge in [-0.15, -0.1) is 0 Å². The van der Waals surface area contributed by atoms with Crippen LogP contribution >= 0.6 is 0 Å². The van der Waals surface area contributed by atoms with Crippen LogP contribution in [0.1, 0.15) is 69.4 Å². The third-order valence-electron chi connectivity index (χ3n) is 7.05. The summed E-state index contributed by atoms with van der Waals surface area (Å²) in [5, 5.41) is 15.0. The maximum Gasteiger partial charge on any atom is 0.407 e. The van der Waals surface area contributed by atoms with Crippen molar-refractivity contribution in [3.05, 3.63) is 59.7 Å². The Labute approximate surface area is 206 Å². The summed E-state index contributed by atoms with van der Waals surface area (Å²) in [6, 6.07) is 16.0. The fraction of sp³-hybridized carbons (Fsp3) is 0.464. The average molecular weight is 479 g/mol. The first-order valence-electron chi connectivity index (χ1n) is 12.4. The van der Waals surface area contributed by atoms with Gasteiger partial charge >= 0.3 is 12.1 Å². The first-order valence-corrected chi connectivity index (χ1v) is 12.4. The van der Waals surface area contributed by atoms with Crippen LogP contribution in [-0.2, 0) is 14.3 Å². The second-order valence-electron chi connectivity index (χ2n) is 10.3. The van der Waals surface area contributed by atoms with E-state index < -0.39 is 23.5 Å². The predicted molar refractivity (Wildman–Crippen MR) is 133 cm³/mol. The fourth-order valence-corrected chi connectivity index (χ4v) is 5.43. The van der Waals surface area contributed by atoms with E-state index in [0.29, 0.717) is 12.8 Å². The van der Waals surface area contributed by atoms with Crippen molar-refractivity contribution in [3.63, 3.8) is 0 Å². The molecule has 2 aromatic carbocycles. The van der Waals surface area contributed by atoms with Crippen LogP contribution in [-0.4, -0.2) is 41.3 Å². The maximum absolute atomic E-state index is 13.1. The van der Waals surface area contributed by atoms with Crippen molar-refractivity contribution in [2.24, 2.45) is 5.92 Å². The Balaban J connectivity index is 1.41. The van der Waals surface area contributed by atoms with Crippen LogP contribution in [0.25, 0.3) is 11.1 Å². The molecule has 35 heavy (non-hydrogen) atoms. The second kappa shape index (κ2) is 10.5. The van der Waals surface area contributed by atoms with E-state index in [0.717, 1.165) is 30.4 Å². The highest BCUT2D eigenvalue weighted by Gasteiger charge is 2.35. The number of ether oxygens (including phenoxy) is 1. The van der Waals surface area contributed by atoms with Crippen LogP contribution < -0.4 is 10.6 Å². The van der Waals surface area contributed by atoms with Crippen molar-refractivity contribution in [1.29, 1.82) is 0 Å². The minimum absolute atomic E-state index is 0.0294. The van der Waals surface area contributed by atoms with Crippen molar-refractivity contribution >= 4 is 18.0 Å². The van der Waals surface area contributed by atoms with E-state index in [4.69, 9.17) is 9.84 Å². The smallest absolute Gasteiger partial charge is 0.407 e. The van der Waals surface area contributed by atoms with Gasteiger partial charge in [-0.05, 0) is 48.9 Å². The summed E-state index contributed by atoms with van der Waals surface area (Å²) in [4.78, 5) is 37.1. The fourth-order valence-electron chi connectivity index (χ4n) is 5.43. The van der Waals surface area contributed by atoms with Gasteiger partial charge in [0.1, 0.15) is 6.61 Å². The molecule has 2 atom stereocenters. The molecule has 0 aromatic heterocycles. The molecule has 1 saturated carbocycles. The second-order valence-corrected chi connectivity index (χ2v) is 10.3. The van der Waals surface area contributed by atoms with Crippen molar-refractivity contribution in [2.45, 2.75) is 69.9 Å².